The molecule has 1 heterocycles. The van der Waals surface area contributed by atoms with Crippen LogP contribution in [0.2, 0.25) is 0 Å². The van der Waals surface area contributed by atoms with Crippen LogP contribution in [0.25, 0.3) is 0 Å². The van der Waals surface area contributed by atoms with Crippen LogP contribution in [0.15, 0.2) is 18.2 Å². The molecule has 0 aliphatic carbocycles. The maximum absolute atomic E-state index is 5.46. The zero-order valence-electron chi connectivity index (χ0n) is 11.6. The summed E-state index contributed by atoms with van der Waals surface area (Å²) in [4.78, 5) is 2.38. The van der Waals surface area contributed by atoms with E-state index in [0.29, 0.717) is 12.1 Å². The molecule has 0 saturated carbocycles. The third-order valence-electron chi connectivity index (χ3n) is 3.46. The first-order chi connectivity index (χ1) is 8.65. The number of methoxy groups -OCH3 is 2. The molecule has 1 saturated heterocycles. The van der Waals surface area contributed by atoms with Gasteiger partial charge in [-0.3, -0.25) is 0 Å². The van der Waals surface area contributed by atoms with Gasteiger partial charge in [0.15, 0.2) is 0 Å². The number of ether oxygens (including phenoxy) is 2. The Morgan fingerprint density at radius 2 is 2.00 bits per heavy atom. The quantitative estimate of drug-likeness (QED) is 0.888. The Labute approximate surface area is 109 Å². The van der Waals surface area contributed by atoms with Crippen molar-refractivity contribution in [3.8, 4) is 11.5 Å². The minimum absolute atomic E-state index is 0.446. The third kappa shape index (κ3) is 2.53. The van der Waals surface area contributed by atoms with E-state index in [2.05, 4.69) is 24.1 Å². The molecule has 1 aromatic carbocycles. The molecule has 0 bridgehead atoms. The Bertz CT molecular complexity index is 409. The van der Waals surface area contributed by atoms with Gasteiger partial charge in [0.2, 0.25) is 0 Å². The highest BCUT2D eigenvalue weighted by Gasteiger charge is 2.25. The predicted octanol–water partition coefficient (Wildman–Crippen LogP) is 1.89. The highest BCUT2D eigenvalue weighted by atomic mass is 16.5. The second-order valence-electron chi connectivity index (χ2n) is 4.85. The van der Waals surface area contributed by atoms with E-state index < -0.39 is 0 Å². The average Bonchev–Trinajstić information content (AvgIpc) is 2.40. The van der Waals surface area contributed by atoms with Crippen molar-refractivity contribution in [2.45, 2.75) is 25.9 Å². The molecular weight excluding hydrogens is 228 g/mol. The predicted molar refractivity (Wildman–Crippen MR) is 73.8 cm³/mol. The molecule has 2 unspecified atom stereocenters. The van der Waals surface area contributed by atoms with E-state index in [9.17, 15) is 0 Å². The van der Waals surface area contributed by atoms with Crippen molar-refractivity contribution >= 4 is 5.69 Å². The maximum Gasteiger partial charge on any atom is 0.142 e. The molecule has 2 rings (SSSR count). The number of rotatable bonds is 3. The monoisotopic (exact) mass is 250 g/mol. The summed E-state index contributed by atoms with van der Waals surface area (Å²) < 4.78 is 10.8. The maximum atomic E-state index is 5.46. The van der Waals surface area contributed by atoms with Crippen molar-refractivity contribution in [1.82, 2.24) is 5.32 Å². The first-order valence-corrected chi connectivity index (χ1v) is 6.37. The number of anilines is 1. The van der Waals surface area contributed by atoms with Gasteiger partial charge in [0.1, 0.15) is 11.5 Å². The lowest BCUT2D eigenvalue weighted by atomic mass is 10.1. The Morgan fingerprint density at radius 3 is 2.67 bits per heavy atom. The molecule has 1 aliphatic heterocycles. The first kappa shape index (κ1) is 13.0. The summed E-state index contributed by atoms with van der Waals surface area (Å²) in [6.45, 7) is 6.38. The minimum Gasteiger partial charge on any atom is -0.497 e. The number of piperazine rings is 1. The van der Waals surface area contributed by atoms with Crippen LogP contribution in [-0.4, -0.2) is 39.4 Å². The van der Waals surface area contributed by atoms with Crippen molar-refractivity contribution in [3.63, 3.8) is 0 Å². The molecule has 18 heavy (non-hydrogen) atoms. The molecule has 100 valence electrons. The molecule has 2 atom stereocenters. The summed E-state index contributed by atoms with van der Waals surface area (Å²) in [5.41, 5.74) is 1.11. The number of hydrogen-bond acceptors (Lipinski definition) is 4. The number of benzene rings is 1. The summed E-state index contributed by atoms with van der Waals surface area (Å²) in [5.74, 6) is 1.76. The Hall–Kier alpha value is -1.42. The van der Waals surface area contributed by atoms with Crippen LogP contribution in [0.4, 0.5) is 5.69 Å². The molecule has 1 fully saturated rings. The van der Waals surface area contributed by atoms with Crippen molar-refractivity contribution in [1.29, 1.82) is 0 Å². The number of nitrogens with one attached hydrogen (secondary N) is 1. The van der Waals surface area contributed by atoms with Crippen LogP contribution in [0.1, 0.15) is 13.8 Å². The fourth-order valence-electron chi connectivity index (χ4n) is 2.38. The normalized spacial score (nSPS) is 23.9. The van der Waals surface area contributed by atoms with Crippen LogP contribution in [0.3, 0.4) is 0 Å². The van der Waals surface area contributed by atoms with E-state index in [4.69, 9.17) is 9.47 Å². The molecule has 0 amide bonds. The van der Waals surface area contributed by atoms with Gasteiger partial charge in [-0.2, -0.15) is 0 Å². The second kappa shape index (κ2) is 5.48. The van der Waals surface area contributed by atoms with Crippen LogP contribution in [0, 0.1) is 0 Å². The SMILES string of the molecule is COc1ccc(OC)c(N2CC(C)NCC2C)c1. The van der Waals surface area contributed by atoms with E-state index in [-0.39, 0.29) is 0 Å². The van der Waals surface area contributed by atoms with Gasteiger partial charge in [0.25, 0.3) is 0 Å². The fourth-order valence-corrected chi connectivity index (χ4v) is 2.38. The van der Waals surface area contributed by atoms with Crippen LogP contribution < -0.4 is 19.7 Å². The topological polar surface area (TPSA) is 33.7 Å². The van der Waals surface area contributed by atoms with E-state index in [1.165, 1.54) is 0 Å². The summed E-state index contributed by atoms with van der Waals surface area (Å²) in [5, 5.41) is 3.48. The molecule has 0 spiro atoms. The molecule has 1 aromatic rings. The molecule has 0 aromatic heterocycles. The number of nitrogens with zero attached hydrogens (tertiary/aromatic N) is 1. The van der Waals surface area contributed by atoms with Gasteiger partial charge in [-0.05, 0) is 26.0 Å². The van der Waals surface area contributed by atoms with E-state index >= 15 is 0 Å². The lowest BCUT2D eigenvalue weighted by Crippen LogP contribution is -2.54. The van der Waals surface area contributed by atoms with Gasteiger partial charge in [-0.1, -0.05) is 0 Å². The van der Waals surface area contributed by atoms with Crippen LogP contribution >= 0.6 is 0 Å². The molecule has 1 N–H and O–H groups in total. The van der Waals surface area contributed by atoms with E-state index in [1.807, 2.05) is 18.2 Å². The van der Waals surface area contributed by atoms with Crippen LogP contribution in [0.5, 0.6) is 11.5 Å². The summed E-state index contributed by atoms with van der Waals surface area (Å²) in [6, 6.07) is 6.87. The zero-order chi connectivity index (χ0) is 13.1. The Balaban J connectivity index is 2.34. The van der Waals surface area contributed by atoms with Gasteiger partial charge < -0.3 is 19.7 Å². The first-order valence-electron chi connectivity index (χ1n) is 6.37. The molecule has 4 nitrogen and oxygen atoms in total. The van der Waals surface area contributed by atoms with Gasteiger partial charge in [0, 0.05) is 31.2 Å². The zero-order valence-corrected chi connectivity index (χ0v) is 11.6. The highest BCUT2D eigenvalue weighted by molar-refractivity contribution is 5.62. The Kier molecular flexibility index (Phi) is 3.97. The lowest BCUT2D eigenvalue weighted by molar-refractivity contribution is 0.390. The molecular formula is C14H22N2O2. The fraction of sp³-hybridized carbons (Fsp3) is 0.571. The van der Waals surface area contributed by atoms with Crippen LogP contribution in [-0.2, 0) is 0 Å². The average molecular weight is 250 g/mol. The molecule has 4 heteroatoms. The van der Waals surface area contributed by atoms with Crippen molar-refractivity contribution in [2.75, 3.05) is 32.2 Å². The molecule has 1 aliphatic rings. The largest absolute Gasteiger partial charge is 0.497 e. The van der Waals surface area contributed by atoms with Gasteiger partial charge >= 0.3 is 0 Å². The third-order valence-corrected chi connectivity index (χ3v) is 3.46. The Morgan fingerprint density at radius 1 is 1.22 bits per heavy atom. The van der Waals surface area contributed by atoms with Gasteiger partial charge in [-0.15, -0.1) is 0 Å². The van der Waals surface area contributed by atoms with Crippen molar-refractivity contribution in [2.24, 2.45) is 0 Å². The van der Waals surface area contributed by atoms with Crippen molar-refractivity contribution < 1.29 is 9.47 Å². The van der Waals surface area contributed by atoms with E-state index in [1.54, 1.807) is 14.2 Å². The smallest absolute Gasteiger partial charge is 0.142 e. The second-order valence-corrected chi connectivity index (χ2v) is 4.85. The van der Waals surface area contributed by atoms with E-state index in [0.717, 1.165) is 30.3 Å². The summed E-state index contributed by atoms with van der Waals surface area (Å²) in [7, 11) is 3.40. The molecule has 0 radical (unpaired) electrons. The number of hydrogen-bond donors (Lipinski definition) is 1. The summed E-state index contributed by atoms with van der Waals surface area (Å²) >= 11 is 0. The summed E-state index contributed by atoms with van der Waals surface area (Å²) in [6.07, 6.45) is 0. The van der Waals surface area contributed by atoms with Crippen molar-refractivity contribution in [3.05, 3.63) is 18.2 Å². The standard InChI is InChI=1S/C14H22N2O2/c1-10-9-16(11(2)8-15-10)13-7-12(17-3)5-6-14(13)18-4/h5-7,10-11,15H,8-9H2,1-4H3. The lowest BCUT2D eigenvalue weighted by Gasteiger charge is -2.39. The van der Waals surface area contributed by atoms with Gasteiger partial charge in [0.05, 0.1) is 19.9 Å². The van der Waals surface area contributed by atoms with Gasteiger partial charge in [-0.25, -0.2) is 0 Å². The minimum atomic E-state index is 0.446. The highest BCUT2D eigenvalue weighted by Crippen LogP contribution is 2.34.